The Morgan fingerprint density at radius 1 is 0.744 bits per heavy atom. The Balaban J connectivity index is 2.15. The summed E-state index contributed by atoms with van der Waals surface area (Å²) in [5, 5.41) is 36.0. The molecule has 0 spiro atoms. The first-order chi connectivity index (χ1) is 18.3. The number of nitrogens with two attached hydrogens (primary N) is 2. The van der Waals surface area contributed by atoms with Crippen LogP contribution in [0.4, 0.5) is 0 Å². The lowest BCUT2D eigenvalue weighted by atomic mass is 10.0. The van der Waals surface area contributed by atoms with Gasteiger partial charge in [0.05, 0.1) is 6.04 Å². The Bertz CT molecular complexity index is 1170. The molecule has 0 heterocycles. The molecule has 4 atom stereocenters. The number of aromatic hydroxyl groups is 2. The number of nitrogens with one attached hydrogen (secondary N) is 3. The fourth-order valence-electron chi connectivity index (χ4n) is 3.53. The highest BCUT2D eigenvalue weighted by atomic mass is 16.4. The molecule has 0 aromatic heterocycles. The van der Waals surface area contributed by atoms with Crippen LogP contribution in [0.5, 0.6) is 11.5 Å². The minimum Gasteiger partial charge on any atom is -0.508 e. The molecule has 0 saturated heterocycles. The zero-order valence-corrected chi connectivity index (χ0v) is 21.3. The monoisotopic (exact) mass is 543 g/mol. The topological polar surface area (TPSA) is 234 Å². The molecule has 2 aromatic carbocycles. The van der Waals surface area contributed by atoms with Gasteiger partial charge in [-0.3, -0.25) is 19.2 Å². The average Bonchev–Trinajstić information content (AvgIpc) is 2.88. The molecule has 210 valence electrons. The maximum absolute atomic E-state index is 13.2. The van der Waals surface area contributed by atoms with Gasteiger partial charge >= 0.3 is 5.97 Å². The van der Waals surface area contributed by atoms with Crippen molar-refractivity contribution in [2.24, 2.45) is 11.5 Å². The van der Waals surface area contributed by atoms with Gasteiger partial charge in [-0.05, 0) is 48.7 Å². The first kappa shape index (κ1) is 30.6. The average molecular weight is 544 g/mol. The van der Waals surface area contributed by atoms with Gasteiger partial charge in [0.1, 0.15) is 29.6 Å². The molecule has 0 bridgehead atoms. The van der Waals surface area contributed by atoms with Gasteiger partial charge in [-0.1, -0.05) is 24.3 Å². The second kappa shape index (κ2) is 14.3. The minimum absolute atomic E-state index is 0.00127. The van der Waals surface area contributed by atoms with E-state index in [9.17, 15) is 39.3 Å². The molecule has 39 heavy (non-hydrogen) atoms. The first-order valence-electron chi connectivity index (χ1n) is 12.1. The van der Waals surface area contributed by atoms with Crippen LogP contribution in [-0.4, -0.2) is 69.1 Å². The van der Waals surface area contributed by atoms with Crippen molar-refractivity contribution in [3.05, 3.63) is 59.7 Å². The number of carboxylic acid groups (broad SMARTS) is 1. The summed E-state index contributed by atoms with van der Waals surface area (Å²) in [6, 6.07) is 6.88. The number of aliphatic carboxylic acids is 1. The number of primary amides is 1. The number of phenols is 2. The van der Waals surface area contributed by atoms with E-state index in [0.717, 1.165) is 0 Å². The van der Waals surface area contributed by atoms with E-state index in [1.807, 2.05) is 0 Å². The maximum atomic E-state index is 13.2. The number of carbonyl (C=O) groups excluding carboxylic acids is 4. The summed E-state index contributed by atoms with van der Waals surface area (Å²) in [5.41, 5.74) is 11.9. The smallest absolute Gasteiger partial charge is 0.326 e. The van der Waals surface area contributed by atoms with E-state index in [-0.39, 0.29) is 37.2 Å². The molecular formula is C26H33N5O8. The van der Waals surface area contributed by atoms with Crippen LogP contribution in [-0.2, 0) is 36.8 Å². The molecule has 0 saturated carbocycles. The quantitative estimate of drug-likeness (QED) is 0.146. The lowest BCUT2D eigenvalue weighted by Gasteiger charge is -2.24. The summed E-state index contributed by atoms with van der Waals surface area (Å²) >= 11 is 0. The van der Waals surface area contributed by atoms with Crippen LogP contribution in [0.2, 0.25) is 0 Å². The molecule has 0 aliphatic carbocycles. The Labute approximate surface area is 224 Å². The molecule has 0 aliphatic rings. The number of amides is 4. The molecule has 13 nitrogen and oxygen atoms in total. The van der Waals surface area contributed by atoms with Crippen molar-refractivity contribution < 1.29 is 39.3 Å². The molecule has 4 unspecified atom stereocenters. The minimum atomic E-state index is -1.35. The number of hydrogen-bond donors (Lipinski definition) is 8. The van der Waals surface area contributed by atoms with E-state index >= 15 is 0 Å². The molecule has 4 amide bonds. The van der Waals surface area contributed by atoms with Crippen LogP contribution in [0, 0.1) is 0 Å². The van der Waals surface area contributed by atoms with Gasteiger partial charge in [-0.15, -0.1) is 0 Å². The van der Waals surface area contributed by atoms with Gasteiger partial charge in [-0.25, -0.2) is 4.79 Å². The van der Waals surface area contributed by atoms with Crippen molar-refractivity contribution in [3.8, 4) is 11.5 Å². The molecule has 0 radical (unpaired) electrons. The Morgan fingerprint density at radius 3 is 1.67 bits per heavy atom. The van der Waals surface area contributed by atoms with Gasteiger partial charge in [-0.2, -0.15) is 0 Å². The molecule has 0 aliphatic heterocycles. The summed E-state index contributed by atoms with van der Waals surface area (Å²) in [6.45, 7) is 1.37. The Hall–Kier alpha value is -4.65. The highest BCUT2D eigenvalue weighted by Gasteiger charge is 2.29. The van der Waals surface area contributed by atoms with E-state index in [4.69, 9.17) is 11.5 Å². The van der Waals surface area contributed by atoms with Crippen LogP contribution in [0.1, 0.15) is 30.9 Å². The van der Waals surface area contributed by atoms with E-state index in [0.29, 0.717) is 11.1 Å². The molecule has 13 heteroatoms. The SMILES string of the molecule is CC(NC(=O)C(N)CCC(N)=O)C(=O)NC(Cc1ccc(O)cc1)C(=O)NC(Cc1ccc(O)cc1)C(=O)O. The molecule has 2 aromatic rings. The molecular weight excluding hydrogens is 510 g/mol. The summed E-state index contributed by atoms with van der Waals surface area (Å²) < 4.78 is 0. The summed E-state index contributed by atoms with van der Waals surface area (Å²) in [5.74, 6) is -4.17. The Kier molecular flexibility index (Phi) is 11.2. The third kappa shape index (κ3) is 10.3. The predicted molar refractivity (Wildman–Crippen MR) is 139 cm³/mol. The van der Waals surface area contributed by atoms with E-state index in [1.165, 1.54) is 55.5 Å². The number of carboxylic acids is 1. The second-order valence-electron chi connectivity index (χ2n) is 9.04. The summed E-state index contributed by atoms with van der Waals surface area (Å²) in [4.78, 5) is 61.1. The molecule has 0 fully saturated rings. The third-order valence-corrected chi connectivity index (χ3v) is 5.79. The zero-order chi connectivity index (χ0) is 29.1. The van der Waals surface area contributed by atoms with Crippen LogP contribution in [0.15, 0.2) is 48.5 Å². The van der Waals surface area contributed by atoms with E-state index < -0.39 is 53.8 Å². The lowest BCUT2D eigenvalue weighted by molar-refractivity contribution is -0.142. The predicted octanol–water partition coefficient (Wildman–Crippen LogP) is -0.965. The second-order valence-corrected chi connectivity index (χ2v) is 9.04. The highest BCUT2D eigenvalue weighted by molar-refractivity contribution is 5.94. The van der Waals surface area contributed by atoms with Crippen molar-refractivity contribution >= 4 is 29.6 Å². The number of carbonyl (C=O) groups is 5. The summed E-state index contributed by atoms with van der Waals surface area (Å²) in [6.07, 6.45) is -0.267. The molecule has 10 N–H and O–H groups in total. The fourth-order valence-corrected chi connectivity index (χ4v) is 3.53. The number of phenolic OH excluding ortho intramolecular Hbond substituents is 2. The third-order valence-electron chi connectivity index (χ3n) is 5.79. The number of hydrogen-bond acceptors (Lipinski definition) is 8. The van der Waals surface area contributed by atoms with Crippen molar-refractivity contribution in [1.82, 2.24) is 16.0 Å². The fraction of sp³-hybridized carbons (Fsp3) is 0.346. The van der Waals surface area contributed by atoms with Gasteiger partial charge in [0.25, 0.3) is 0 Å². The van der Waals surface area contributed by atoms with Gasteiger partial charge in [0.15, 0.2) is 0 Å². The first-order valence-corrected chi connectivity index (χ1v) is 12.1. The van der Waals surface area contributed by atoms with Crippen molar-refractivity contribution in [3.63, 3.8) is 0 Å². The van der Waals surface area contributed by atoms with E-state index in [1.54, 1.807) is 0 Å². The van der Waals surface area contributed by atoms with Crippen LogP contribution < -0.4 is 27.4 Å². The summed E-state index contributed by atoms with van der Waals surface area (Å²) in [7, 11) is 0. The van der Waals surface area contributed by atoms with Crippen molar-refractivity contribution in [2.45, 2.75) is 56.8 Å². The Morgan fingerprint density at radius 2 is 1.21 bits per heavy atom. The molecule has 2 rings (SSSR count). The van der Waals surface area contributed by atoms with Crippen molar-refractivity contribution in [2.75, 3.05) is 0 Å². The normalized spacial score (nSPS) is 13.8. The van der Waals surface area contributed by atoms with Crippen molar-refractivity contribution in [1.29, 1.82) is 0 Å². The van der Waals surface area contributed by atoms with Crippen LogP contribution in [0.25, 0.3) is 0 Å². The maximum Gasteiger partial charge on any atom is 0.326 e. The van der Waals surface area contributed by atoms with Gasteiger partial charge in [0.2, 0.25) is 23.6 Å². The van der Waals surface area contributed by atoms with Crippen LogP contribution >= 0.6 is 0 Å². The zero-order valence-electron chi connectivity index (χ0n) is 21.3. The highest BCUT2D eigenvalue weighted by Crippen LogP contribution is 2.14. The van der Waals surface area contributed by atoms with Gasteiger partial charge in [0, 0.05) is 19.3 Å². The van der Waals surface area contributed by atoms with E-state index in [2.05, 4.69) is 16.0 Å². The number of rotatable bonds is 14. The van der Waals surface area contributed by atoms with Gasteiger partial charge < -0.3 is 42.7 Å². The van der Waals surface area contributed by atoms with Crippen LogP contribution in [0.3, 0.4) is 0 Å². The lowest BCUT2D eigenvalue weighted by Crippen LogP contribution is -2.57. The standard InChI is InChI=1S/C26H33N5O8/c1-14(29-24(36)19(27)10-11-22(28)34)23(35)30-20(12-15-2-6-17(32)7-3-15)25(37)31-21(26(38)39)13-16-4-8-18(33)9-5-16/h2-9,14,19-21,32-33H,10-13,27H2,1H3,(H2,28,34)(H,29,36)(H,30,35)(H,31,37)(H,38,39). The largest absolute Gasteiger partial charge is 0.508 e. The number of benzene rings is 2.